The first-order valence-electron chi connectivity index (χ1n) is 8.04. The normalized spacial score (nSPS) is 25.7. The number of fused-ring (bicyclic) bond motifs is 1. The molecule has 2 unspecified atom stereocenters. The molecule has 1 fully saturated rings. The largest absolute Gasteiger partial charge is 0.314 e. The van der Waals surface area contributed by atoms with Crippen LogP contribution in [-0.2, 0) is 6.42 Å². The molecule has 0 saturated heterocycles. The van der Waals surface area contributed by atoms with Crippen molar-refractivity contribution in [1.29, 1.82) is 0 Å². The molecule has 0 amide bonds. The van der Waals surface area contributed by atoms with Crippen LogP contribution in [0, 0.1) is 5.41 Å². The molecule has 0 aromatic heterocycles. The minimum atomic E-state index is 0.586. The fraction of sp³-hybridized carbons (Fsp3) is 0.667. The Morgan fingerprint density at radius 3 is 2.84 bits per heavy atom. The van der Waals surface area contributed by atoms with E-state index in [0.717, 1.165) is 12.5 Å². The molecule has 0 radical (unpaired) electrons. The van der Waals surface area contributed by atoms with E-state index in [-0.39, 0.29) is 0 Å². The standard InChI is InChI=1S/C18H27N/c1-3-19-17(18(2)11-12-18)13-15-9-6-8-14-7-4-5-10-16(14)15/h4-5,7,10,15,17,19H,3,6,8-9,11-13H2,1-2H3. The summed E-state index contributed by atoms with van der Waals surface area (Å²) in [5, 5.41) is 3.76. The molecule has 1 saturated carbocycles. The third kappa shape index (κ3) is 2.72. The Labute approximate surface area is 117 Å². The first-order chi connectivity index (χ1) is 9.23. The monoisotopic (exact) mass is 257 g/mol. The van der Waals surface area contributed by atoms with Crippen LogP contribution in [0.15, 0.2) is 24.3 Å². The molecule has 0 bridgehead atoms. The molecule has 0 heterocycles. The Hall–Kier alpha value is -0.820. The van der Waals surface area contributed by atoms with Crippen molar-refractivity contribution in [2.45, 2.75) is 64.3 Å². The van der Waals surface area contributed by atoms with E-state index >= 15 is 0 Å². The van der Waals surface area contributed by atoms with Crippen LogP contribution in [0.25, 0.3) is 0 Å². The van der Waals surface area contributed by atoms with Gasteiger partial charge in [0.05, 0.1) is 0 Å². The Balaban J connectivity index is 1.76. The number of nitrogens with one attached hydrogen (secondary N) is 1. The summed E-state index contributed by atoms with van der Waals surface area (Å²) in [5.41, 5.74) is 3.83. The summed E-state index contributed by atoms with van der Waals surface area (Å²) in [7, 11) is 0. The summed E-state index contributed by atoms with van der Waals surface area (Å²) < 4.78 is 0. The fourth-order valence-corrected chi connectivity index (χ4v) is 3.79. The Kier molecular flexibility index (Phi) is 3.66. The van der Waals surface area contributed by atoms with Gasteiger partial charge in [-0.15, -0.1) is 0 Å². The van der Waals surface area contributed by atoms with Crippen molar-refractivity contribution in [3.63, 3.8) is 0 Å². The van der Waals surface area contributed by atoms with Crippen LogP contribution in [0.3, 0.4) is 0 Å². The third-order valence-corrected chi connectivity index (χ3v) is 5.34. The molecule has 0 spiro atoms. The van der Waals surface area contributed by atoms with Crippen molar-refractivity contribution in [1.82, 2.24) is 5.32 Å². The zero-order valence-corrected chi connectivity index (χ0v) is 12.4. The van der Waals surface area contributed by atoms with E-state index in [1.54, 1.807) is 11.1 Å². The zero-order chi connectivity index (χ0) is 13.3. The first kappa shape index (κ1) is 13.2. The van der Waals surface area contributed by atoms with Crippen LogP contribution >= 0.6 is 0 Å². The van der Waals surface area contributed by atoms with Crippen molar-refractivity contribution in [2.24, 2.45) is 5.41 Å². The minimum Gasteiger partial charge on any atom is -0.314 e. The highest BCUT2D eigenvalue weighted by molar-refractivity contribution is 5.32. The van der Waals surface area contributed by atoms with Crippen LogP contribution in [0.4, 0.5) is 0 Å². The summed E-state index contributed by atoms with van der Waals surface area (Å²) in [4.78, 5) is 0. The smallest absolute Gasteiger partial charge is 0.0127 e. The van der Waals surface area contributed by atoms with Gasteiger partial charge in [0.15, 0.2) is 0 Å². The summed E-state index contributed by atoms with van der Waals surface area (Å²) in [6, 6.07) is 9.84. The highest BCUT2D eigenvalue weighted by atomic mass is 14.9. The van der Waals surface area contributed by atoms with Gasteiger partial charge in [-0.1, -0.05) is 38.1 Å². The predicted octanol–water partition coefficient (Wildman–Crippen LogP) is 4.27. The maximum Gasteiger partial charge on any atom is 0.0127 e. The van der Waals surface area contributed by atoms with E-state index in [2.05, 4.69) is 43.4 Å². The van der Waals surface area contributed by atoms with Crippen molar-refractivity contribution in [3.05, 3.63) is 35.4 Å². The molecule has 1 aromatic carbocycles. The van der Waals surface area contributed by atoms with Crippen LogP contribution in [0.2, 0.25) is 0 Å². The van der Waals surface area contributed by atoms with Crippen LogP contribution in [0.1, 0.15) is 63.0 Å². The first-order valence-corrected chi connectivity index (χ1v) is 8.04. The van der Waals surface area contributed by atoms with E-state index in [1.807, 2.05) is 0 Å². The average molecular weight is 257 g/mol. The molecule has 1 nitrogen and oxygen atoms in total. The predicted molar refractivity (Wildman–Crippen MR) is 81.5 cm³/mol. The van der Waals surface area contributed by atoms with Gasteiger partial charge in [-0.05, 0) is 67.5 Å². The number of hydrogen-bond donors (Lipinski definition) is 1. The van der Waals surface area contributed by atoms with Crippen molar-refractivity contribution < 1.29 is 0 Å². The Morgan fingerprint density at radius 2 is 2.11 bits per heavy atom. The molecular formula is C18H27N. The Bertz CT molecular complexity index is 433. The van der Waals surface area contributed by atoms with Gasteiger partial charge >= 0.3 is 0 Å². The number of rotatable bonds is 5. The minimum absolute atomic E-state index is 0.586. The lowest BCUT2D eigenvalue weighted by molar-refractivity contribution is 0.311. The summed E-state index contributed by atoms with van der Waals surface area (Å²) in [5.74, 6) is 0.784. The summed E-state index contributed by atoms with van der Waals surface area (Å²) in [6.07, 6.45) is 8.21. The van der Waals surface area contributed by atoms with Gasteiger partial charge in [0.2, 0.25) is 0 Å². The van der Waals surface area contributed by atoms with E-state index in [4.69, 9.17) is 0 Å². The molecule has 19 heavy (non-hydrogen) atoms. The second-order valence-corrected chi connectivity index (χ2v) is 6.79. The van der Waals surface area contributed by atoms with Crippen LogP contribution < -0.4 is 5.32 Å². The molecule has 1 aromatic rings. The maximum absolute atomic E-state index is 3.76. The summed E-state index contributed by atoms with van der Waals surface area (Å²) >= 11 is 0. The quantitative estimate of drug-likeness (QED) is 0.830. The molecule has 0 aliphatic heterocycles. The molecule has 2 aliphatic carbocycles. The van der Waals surface area contributed by atoms with Gasteiger partial charge in [-0.25, -0.2) is 0 Å². The fourth-order valence-electron chi connectivity index (χ4n) is 3.79. The van der Waals surface area contributed by atoms with Crippen molar-refractivity contribution in [3.8, 4) is 0 Å². The van der Waals surface area contributed by atoms with Gasteiger partial charge in [0, 0.05) is 6.04 Å². The number of benzene rings is 1. The zero-order valence-electron chi connectivity index (χ0n) is 12.4. The maximum atomic E-state index is 3.76. The van der Waals surface area contributed by atoms with E-state index in [9.17, 15) is 0 Å². The lowest BCUT2D eigenvalue weighted by atomic mass is 9.77. The topological polar surface area (TPSA) is 12.0 Å². The van der Waals surface area contributed by atoms with Crippen molar-refractivity contribution in [2.75, 3.05) is 6.54 Å². The van der Waals surface area contributed by atoms with Crippen molar-refractivity contribution >= 4 is 0 Å². The molecule has 1 heteroatoms. The number of aryl methyl sites for hydroxylation is 1. The molecule has 2 aliphatic rings. The SMILES string of the molecule is CCNC(CC1CCCc2ccccc21)C1(C)CC1. The second-order valence-electron chi connectivity index (χ2n) is 6.79. The van der Waals surface area contributed by atoms with Gasteiger partial charge < -0.3 is 5.32 Å². The van der Waals surface area contributed by atoms with Gasteiger partial charge in [-0.3, -0.25) is 0 Å². The molecular weight excluding hydrogens is 230 g/mol. The van der Waals surface area contributed by atoms with Crippen LogP contribution in [0.5, 0.6) is 0 Å². The molecule has 1 N–H and O–H groups in total. The molecule has 3 rings (SSSR count). The average Bonchev–Trinajstić information content (AvgIpc) is 3.18. The Morgan fingerprint density at radius 1 is 1.32 bits per heavy atom. The number of hydrogen-bond acceptors (Lipinski definition) is 1. The highest BCUT2D eigenvalue weighted by Gasteiger charge is 2.45. The van der Waals surface area contributed by atoms with Gasteiger partial charge in [-0.2, -0.15) is 0 Å². The lowest BCUT2D eigenvalue weighted by Crippen LogP contribution is -2.37. The van der Waals surface area contributed by atoms with Crippen LogP contribution in [-0.4, -0.2) is 12.6 Å². The second kappa shape index (κ2) is 5.28. The third-order valence-electron chi connectivity index (χ3n) is 5.34. The molecule has 104 valence electrons. The van der Waals surface area contributed by atoms with E-state index < -0.39 is 0 Å². The summed E-state index contributed by atoms with van der Waals surface area (Å²) in [6.45, 7) is 5.82. The highest BCUT2D eigenvalue weighted by Crippen LogP contribution is 2.51. The van der Waals surface area contributed by atoms with Gasteiger partial charge in [0.25, 0.3) is 0 Å². The van der Waals surface area contributed by atoms with E-state index in [0.29, 0.717) is 11.5 Å². The lowest BCUT2D eigenvalue weighted by Gasteiger charge is -2.32. The van der Waals surface area contributed by atoms with E-state index in [1.165, 1.54) is 38.5 Å². The molecule has 2 atom stereocenters. The van der Waals surface area contributed by atoms with Gasteiger partial charge in [0.1, 0.15) is 0 Å².